The van der Waals surface area contributed by atoms with Gasteiger partial charge in [0.15, 0.2) is 0 Å². The van der Waals surface area contributed by atoms with E-state index < -0.39 is 0 Å². The molecular weight excluding hydrogens is 240 g/mol. The van der Waals surface area contributed by atoms with Crippen molar-refractivity contribution in [3.05, 3.63) is 53.0 Å². The van der Waals surface area contributed by atoms with Gasteiger partial charge in [0.1, 0.15) is 5.76 Å². The van der Waals surface area contributed by atoms with Gasteiger partial charge in [0, 0.05) is 28.2 Å². The van der Waals surface area contributed by atoms with Crippen molar-refractivity contribution in [3.8, 4) is 0 Å². The van der Waals surface area contributed by atoms with Crippen LogP contribution in [-0.4, -0.2) is 14.8 Å². The van der Waals surface area contributed by atoms with Crippen molar-refractivity contribution in [2.45, 2.75) is 27.0 Å². The van der Waals surface area contributed by atoms with Crippen LogP contribution in [0.25, 0.3) is 10.9 Å². The van der Waals surface area contributed by atoms with E-state index in [1.54, 1.807) is 0 Å². The fourth-order valence-corrected chi connectivity index (χ4v) is 2.48. The monoisotopic (exact) mass is 256 g/mol. The zero-order chi connectivity index (χ0) is 13.4. The molecule has 98 valence electrons. The molecule has 0 amide bonds. The number of benzene rings is 1. The van der Waals surface area contributed by atoms with Gasteiger partial charge in [0.25, 0.3) is 0 Å². The third kappa shape index (κ3) is 1.94. The topological polar surface area (TPSA) is 51.2 Å². The largest absolute Gasteiger partial charge is 0.392 e. The molecule has 4 heteroatoms. The highest BCUT2D eigenvalue weighted by atomic mass is 16.5. The molecule has 3 rings (SSSR count). The lowest BCUT2D eigenvalue weighted by atomic mass is 10.2. The Morgan fingerprint density at radius 2 is 2.05 bits per heavy atom. The van der Waals surface area contributed by atoms with Crippen molar-refractivity contribution in [1.82, 2.24) is 9.72 Å². The minimum absolute atomic E-state index is 0.0507. The van der Waals surface area contributed by atoms with Gasteiger partial charge >= 0.3 is 0 Å². The lowest BCUT2D eigenvalue weighted by molar-refractivity contribution is 0.283. The van der Waals surface area contributed by atoms with E-state index >= 15 is 0 Å². The first-order valence-corrected chi connectivity index (χ1v) is 6.30. The first-order valence-electron chi connectivity index (χ1n) is 6.30. The van der Waals surface area contributed by atoms with Crippen LogP contribution in [0.3, 0.4) is 0 Å². The standard InChI is InChI=1S/C15H16N2O2/c1-10-14(11(2)19-16-10)8-17-7-12(9-18)13-5-3-4-6-15(13)17/h3-7,18H,8-9H2,1-2H3. The van der Waals surface area contributed by atoms with Crippen LogP contribution in [0.1, 0.15) is 22.6 Å². The maximum atomic E-state index is 9.44. The Bertz CT molecular complexity index is 705. The molecule has 2 aromatic heterocycles. The SMILES string of the molecule is Cc1noc(C)c1Cn1cc(CO)c2ccccc21. The molecule has 3 aromatic rings. The summed E-state index contributed by atoms with van der Waals surface area (Å²) >= 11 is 0. The number of hydrogen-bond donors (Lipinski definition) is 1. The highest BCUT2D eigenvalue weighted by Gasteiger charge is 2.12. The summed E-state index contributed by atoms with van der Waals surface area (Å²) in [6.07, 6.45) is 2.00. The van der Waals surface area contributed by atoms with Crippen LogP contribution >= 0.6 is 0 Å². The van der Waals surface area contributed by atoms with Crippen LogP contribution in [0.4, 0.5) is 0 Å². The first-order chi connectivity index (χ1) is 9.20. The van der Waals surface area contributed by atoms with Crippen molar-refractivity contribution in [3.63, 3.8) is 0 Å². The van der Waals surface area contributed by atoms with E-state index in [1.165, 1.54) is 0 Å². The van der Waals surface area contributed by atoms with E-state index in [4.69, 9.17) is 4.52 Å². The Hall–Kier alpha value is -2.07. The number of aliphatic hydroxyl groups excluding tert-OH is 1. The van der Waals surface area contributed by atoms with Crippen molar-refractivity contribution >= 4 is 10.9 Å². The molecule has 19 heavy (non-hydrogen) atoms. The summed E-state index contributed by atoms with van der Waals surface area (Å²) in [4.78, 5) is 0. The predicted molar refractivity (Wildman–Crippen MR) is 72.9 cm³/mol. The van der Waals surface area contributed by atoms with E-state index in [-0.39, 0.29) is 6.61 Å². The first kappa shape index (κ1) is 12.0. The van der Waals surface area contributed by atoms with Gasteiger partial charge in [-0.3, -0.25) is 0 Å². The normalized spacial score (nSPS) is 11.3. The molecule has 1 aromatic carbocycles. The second-order valence-electron chi connectivity index (χ2n) is 4.76. The van der Waals surface area contributed by atoms with Crippen LogP contribution in [0, 0.1) is 13.8 Å². The summed E-state index contributed by atoms with van der Waals surface area (Å²) in [5.41, 5.74) is 4.08. The lowest BCUT2D eigenvalue weighted by Crippen LogP contribution is -2.00. The van der Waals surface area contributed by atoms with E-state index in [0.29, 0.717) is 6.54 Å². The average molecular weight is 256 g/mol. The molecule has 0 unspecified atom stereocenters. The van der Waals surface area contributed by atoms with Gasteiger partial charge in [-0.25, -0.2) is 0 Å². The Balaban J connectivity index is 2.11. The van der Waals surface area contributed by atoms with Gasteiger partial charge < -0.3 is 14.2 Å². The summed E-state index contributed by atoms with van der Waals surface area (Å²) in [5, 5.41) is 14.5. The Kier molecular flexibility index (Phi) is 2.87. The van der Waals surface area contributed by atoms with Gasteiger partial charge in [-0.2, -0.15) is 0 Å². The molecule has 0 aliphatic heterocycles. The smallest absolute Gasteiger partial charge is 0.138 e. The molecule has 0 aliphatic carbocycles. The summed E-state index contributed by atoms with van der Waals surface area (Å²) in [6.45, 7) is 4.63. The zero-order valence-corrected chi connectivity index (χ0v) is 11.1. The van der Waals surface area contributed by atoms with Crippen LogP contribution in [0.5, 0.6) is 0 Å². The lowest BCUT2D eigenvalue weighted by Gasteiger charge is -2.04. The molecule has 0 bridgehead atoms. The highest BCUT2D eigenvalue weighted by molar-refractivity contribution is 5.83. The summed E-state index contributed by atoms with van der Waals surface area (Å²) < 4.78 is 7.33. The number of aryl methyl sites for hydroxylation is 2. The van der Waals surface area contributed by atoms with Crippen molar-refractivity contribution in [2.75, 3.05) is 0 Å². The minimum atomic E-state index is 0.0507. The van der Waals surface area contributed by atoms with Gasteiger partial charge in [0.05, 0.1) is 18.8 Å². The van der Waals surface area contributed by atoms with Crippen molar-refractivity contribution in [1.29, 1.82) is 0 Å². The Labute approximate surface area is 111 Å². The molecule has 0 saturated carbocycles. The summed E-state index contributed by atoms with van der Waals surface area (Å²) in [5.74, 6) is 0.848. The zero-order valence-electron chi connectivity index (χ0n) is 11.1. The van der Waals surface area contributed by atoms with E-state index in [9.17, 15) is 5.11 Å². The molecule has 2 heterocycles. The summed E-state index contributed by atoms with van der Waals surface area (Å²) in [6, 6.07) is 8.09. The van der Waals surface area contributed by atoms with Crippen molar-refractivity contribution < 1.29 is 9.63 Å². The molecule has 0 spiro atoms. The van der Waals surface area contributed by atoms with Crippen molar-refractivity contribution in [2.24, 2.45) is 0 Å². The number of fused-ring (bicyclic) bond motifs is 1. The van der Waals surface area contributed by atoms with Crippen LogP contribution in [0.2, 0.25) is 0 Å². The molecular formula is C15H16N2O2. The quantitative estimate of drug-likeness (QED) is 0.784. The number of para-hydroxylation sites is 1. The highest BCUT2D eigenvalue weighted by Crippen LogP contribution is 2.23. The fraction of sp³-hybridized carbons (Fsp3) is 0.267. The number of nitrogens with zero attached hydrogens (tertiary/aromatic N) is 2. The van der Waals surface area contributed by atoms with Gasteiger partial charge in [-0.15, -0.1) is 0 Å². The third-order valence-electron chi connectivity index (χ3n) is 3.55. The van der Waals surface area contributed by atoms with E-state index in [0.717, 1.165) is 33.5 Å². The van der Waals surface area contributed by atoms with Gasteiger partial charge in [0.2, 0.25) is 0 Å². The van der Waals surface area contributed by atoms with E-state index in [1.807, 2.05) is 38.2 Å². The molecule has 4 nitrogen and oxygen atoms in total. The molecule has 0 atom stereocenters. The van der Waals surface area contributed by atoms with Gasteiger partial charge in [-0.05, 0) is 19.9 Å². The maximum absolute atomic E-state index is 9.44. The Morgan fingerprint density at radius 1 is 1.26 bits per heavy atom. The average Bonchev–Trinajstić information content (AvgIpc) is 2.94. The fourth-order valence-electron chi connectivity index (χ4n) is 2.48. The third-order valence-corrected chi connectivity index (χ3v) is 3.55. The number of rotatable bonds is 3. The maximum Gasteiger partial charge on any atom is 0.138 e. The number of hydrogen-bond acceptors (Lipinski definition) is 3. The van der Waals surface area contributed by atoms with Crippen LogP contribution in [0.15, 0.2) is 35.0 Å². The van der Waals surface area contributed by atoms with Gasteiger partial charge in [-0.1, -0.05) is 23.4 Å². The molecule has 0 aliphatic rings. The van der Waals surface area contributed by atoms with Crippen LogP contribution in [-0.2, 0) is 13.2 Å². The molecule has 1 N–H and O–H groups in total. The molecule has 0 radical (unpaired) electrons. The number of aromatic nitrogens is 2. The predicted octanol–water partition coefficient (Wildman–Crippen LogP) is 2.79. The minimum Gasteiger partial charge on any atom is -0.392 e. The number of aliphatic hydroxyl groups is 1. The molecule has 0 saturated heterocycles. The summed E-state index contributed by atoms with van der Waals surface area (Å²) in [7, 11) is 0. The second-order valence-corrected chi connectivity index (χ2v) is 4.76. The Morgan fingerprint density at radius 3 is 2.74 bits per heavy atom. The van der Waals surface area contributed by atoms with E-state index in [2.05, 4.69) is 15.8 Å². The second kappa shape index (κ2) is 4.55. The molecule has 0 fully saturated rings. The van der Waals surface area contributed by atoms with Crippen LogP contribution < -0.4 is 0 Å².